The number of hydroxylamine groups is 1. The minimum absolute atomic E-state index is 0.0978. The number of hydrogen-bond acceptors (Lipinski definition) is 8. The number of hydrazone groups is 1. The number of halogens is 2. The van der Waals surface area contributed by atoms with Crippen molar-refractivity contribution in [1.82, 2.24) is 15.7 Å². The van der Waals surface area contributed by atoms with Crippen LogP contribution in [0.5, 0.6) is 0 Å². The van der Waals surface area contributed by atoms with E-state index in [4.69, 9.17) is 15.7 Å². The van der Waals surface area contributed by atoms with Crippen LogP contribution in [0.1, 0.15) is 29.0 Å². The lowest BCUT2D eigenvalue weighted by atomic mass is 10.0. The minimum atomic E-state index is -0.777. The highest BCUT2D eigenvalue weighted by molar-refractivity contribution is 8.15. The normalized spacial score (nSPS) is 18.3. The number of benzene rings is 2. The van der Waals surface area contributed by atoms with Crippen molar-refractivity contribution in [3.05, 3.63) is 76.3 Å². The smallest absolute Gasteiger partial charge is 0.230 e. The molecule has 0 saturated heterocycles. The molecule has 0 saturated carbocycles. The van der Waals surface area contributed by atoms with E-state index in [1.54, 1.807) is 5.01 Å². The van der Waals surface area contributed by atoms with Crippen LogP contribution in [-0.2, 0) is 9.71 Å². The maximum absolute atomic E-state index is 14.7. The molecule has 0 amide bonds. The van der Waals surface area contributed by atoms with Gasteiger partial charge in [0, 0.05) is 12.1 Å². The van der Waals surface area contributed by atoms with E-state index in [1.807, 2.05) is 37.3 Å². The Bertz CT molecular complexity index is 1200. The first-order valence-electron chi connectivity index (χ1n) is 10.4. The SMILES string of the molecule is CONC(N)=NCCCC1(c2ccccc2)SC(c2cc(F)ccc2F)=NN1c1nnc(C)s1. The van der Waals surface area contributed by atoms with E-state index in [-0.39, 0.29) is 11.5 Å². The van der Waals surface area contributed by atoms with E-state index in [9.17, 15) is 8.78 Å². The minimum Gasteiger partial charge on any atom is -0.368 e. The van der Waals surface area contributed by atoms with E-state index >= 15 is 0 Å². The fourth-order valence-corrected chi connectivity index (χ4v) is 5.76. The predicted molar refractivity (Wildman–Crippen MR) is 132 cm³/mol. The lowest BCUT2D eigenvalue weighted by Crippen LogP contribution is -2.38. The highest BCUT2D eigenvalue weighted by atomic mass is 32.2. The fourth-order valence-electron chi connectivity index (χ4n) is 3.57. The second kappa shape index (κ2) is 10.5. The molecule has 0 radical (unpaired) electrons. The second-order valence-electron chi connectivity index (χ2n) is 7.37. The van der Waals surface area contributed by atoms with Crippen molar-refractivity contribution in [3.8, 4) is 0 Å². The van der Waals surface area contributed by atoms with Crippen LogP contribution in [0.2, 0.25) is 0 Å². The third-order valence-corrected chi connectivity index (χ3v) is 7.30. The van der Waals surface area contributed by atoms with Crippen LogP contribution in [0.25, 0.3) is 0 Å². The molecule has 3 aromatic rings. The Morgan fingerprint density at radius 2 is 2.00 bits per heavy atom. The zero-order valence-electron chi connectivity index (χ0n) is 18.5. The van der Waals surface area contributed by atoms with Crippen LogP contribution in [-0.4, -0.2) is 34.9 Å². The summed E-state index contributed by atoms with van der Waals surface area (Å²) in [6.07, 6.45) is 1.19. The average Bonchev–Trinajstić information content (AvgIpc) is 3.43. The van der Waals surface area contributed by atoms with Gasteiger partial charge in [-0.15, -0.1) is 10.2 Å². The molecule has 0 spiro atoms. The molecular weight excluding hydrogens is 480 g/mol. The van der Waals surface area contributed by atoms with E-state index in [0.717, 1.165) is 28.8 Å². The van der Waals surface area contributed by atoms with Gasteiger partial charge in [0.15, 0.2) is 0 Å². The number of nitrogens with one attached hydrogen (secondary N) is 1. The van der Waals surface area contributed by atoms with Gasteiger partial charge >= 0.3 is 0 Å². The number of thioether (sulfide) groups is 1. The van der Waals surface area contributed by atoms with Gasteiger partial charge < -0.3 is 5.73 Å². The number of hydrogen-bond donors (Lipinski definition) is 2. The number of aromatic nitrogens is 2. The van der Waals surface area contributed by atoms with Gasteiger partial charge in [0.05, 0.1) is 7.11 Å². The highest BCUT2D eigenvalue weighted by Gasteiger charge is 2.47. The highest BCUT2D eigenvalue weighted by Crippen LogP contribution is 2.52. The third-order valence-electron chi connectivity index (χ3n) is 5.04. The topological polar surface area (TPSA) is 101 Å². The number of aryl methyl sites for hydroxylation is 1. The number of nitrogens with two attached hydrogens (primary N) is 1. The summed E-state index contributed by atoms with van der Waals surface area (Å²) in [7, 11) is 1.45. The number of nitrogens with zero attached hydrogens (tertiary/aromatic N) is 5. The van der Waals surface area contributed by atoms with Crippen LogP contribution < -0.4 is 16.2 Å². The first-order valence-corrected chi connectivity index (χ1v) is 12.0. The van der Waals surface area contributed by atoms with Crippen molar-refractivity contribution >= 4 is 39.2 Å². The van der Waals surface area contributed by atoms with Crippen molar-refractivity contribution in [3.63, 3.8) is 0 Å². The van der Waals surface area contributed by atoms with Crippen LogP contribution in [0.4, 0.5) is 13.9 Å². The molecule has 178 valence electrons. The first kappa shape index (κ1) is 24.0. The van der Waals surface area contributed by atoms with Crippen LogP contribution >= 0.6 is 23.1 Å². The molecule has 3 N–H and O–H groups in total. The number of rotatable bonds is 8. The Labute approximate surface area is 203 Å². The molecule has 8 nitrogen and oxygen atoms in total. The molecule has 34 heavy (non-hydrogen) atoms. The Hall–Kier alpha value is -3.09. The summed E-state index contributed by atoms with van der Waals surface area (Å²) >= 11 is 2.74. The standard InChI is InChI=1S/C22H23F2N7OS2/c1-14-27-28-21(33-14)31-22(15-7-4-3-5-8-15,11-6-12-26-20(25)30-32-2)34-19(29-31)17-13-16(23)9-10-18(17)24/h3-5,7-10,13H,6,11-12H2,1-2H3,(H3,25,26,30). The number of guanidine groups is 1. The average molecular weight is 504 g/mol. The molecule has 12 heteroatoms. The maximum Gasteiger partial charge on any atom is 0.230 e. The van der Waals surface area contributed by atoms with Gasteiger partial charge in [-0.25, -0.2) is 19.3 Å². The Kier molecular flexibility index (Phi) is 7.39. The monoisotopic (exact) mass is 503 g/mol. The quantitative estimate of drug-likeness (QED) is 0.206. The number of anilines is 1. The lowest BCUT2D eigenvalue weighted by Gasteiger charge is -2.35. The summed E-state index contributed by atoms with van der Waals surface area (Å²) in [4.78, 5) is 8.25. The van der Waals surface area contributed by atoms with Crippen molar-refractivity contribution in [2.45, 2.75) is 24.6 Å². The maximum atomic E-state index is 14.7. The van der Waals surface area contributed by atoms with Crippen LogP contribution in [0.15, 0.2) is 58.6 Å². The Balaban J connectivity index is 1.76. The summed E-state index contributed by atoms with van der Waals surface area (Å²) in [5.74, 6) is -0.913. The van der Waals surface area contributed by atoms with Gasteiger partial charge in [-0.2, -0.15) is 5.10 Å². The summed E-state index contributed by atoms with van der Waals surface area (Å²) in [5, 5.41) is 16.6. The van der Waals surface area contributed by atoms with Gasteiger partial charge in [0.1, 0.15) is 26.6 Å². The molecule has 2 aromatic carbocycles. The molecule has 0 bridgehead atoms. The number of aliphatic imine (C=N–C) groups is 1. The zero-order chi connectivity index (χ0) is 24.1. The predicted octanol–water partition coefficient (Wildman–Crippen LogP) is 4.14. The second-order valence-corrected chi connectivity index (χ2v) is 9.80. The van der Waals surface area contributed by atoms with Gasteiger partial charge in [-0.3, -0.25) is 9.83 Å². The van der Waals surface area contributed by atoms with Crippen molar-refractivity contribution in [2.24, 2.45) is 15.8 Å². The van der Waals surface area contributed by atoms with Gasteiger partial charge in [-0.1, -0.05) is 53.4 Å². The Morgan fingerprint density at radius 1 is 1.21 bits per heavy atom. The molecule has 1 aliphatic heterocycles. The molecular formula is C22H23F2N7OS2. The Morgan fingerprint density at radius 3 is 2.71 bits per heavy atom. The summed E-state index contributed by atoms with van der Waals surface area (Å²) in [6, 6.07) is 13.1. The van der Waals surface area contributed by atoms with Crippen molar-refractivity contribution in [1.29, 1.82) is 0 Å². The van der Waals surface area contributed by atoms with Crippen molar-refractivity contribution in [2.75, 3.05) is 18.7 Å². The van der Waals surface area contributed by atoms with Gasteiger partial charge in [0.2, 0.25) is 11.1 Å². The molecule has 1 aliphatic rings. The molecule has 1 atom stereocenters. The molecule has 1 aromatic heterocycles. The summed E-state index contributed by atoms with van der Waals surface area (Å²) in [5.41, 5.74) is 9.28. The third kappa shape index (κ3) is 5.03. The van der Waals surface area contributed by atoms with Crippen molar-refractivity contribution < 1.29 is 13.6 Å². The van der Waals surface area contributed by atoms with E-state index < -0.39 is 16.5 Å². The van der Waals surface area contributed by atoms with Gasteiger partial charge in [-0.05, 0) is 43.5 Å². The summed E-state index contributed by atoms with van der Waals surface area (Å²) in [6.45, 7) is 2.27. The van der Waals surface area contributed by atoms with E-state index in [0.29, 0.717) is 29.6 Å². The van der Waals surface area contributed by atoms with E-state index in [2.05, 4.69) is 20.7 Å². The lowest BCUT2D eigenvalue weighted by molar-refractivity contribution is 0.143. The fraction of sp³-hybridized carbons (Fsp3) is 0.273. The van der Waals surface area contributed by atoms with Gasteiger partial charge in [0.25, 0.3) is 0 Å². The van der Waals surface area contributed by atoms with E-state index in [1.165, 1.54) is 30.2 Å². The molecule has 0 fully saturated rings. The largest absolute Gasteiger partial charge is 0.368 e. The molecule has 0 aliphatic carbocycles. The first-order chi connectivity index (χ1) is 16.4. The molecule has 1 unspecified atom stereocenters. The van der Waals surface area contributed by atoms with Crippen LogP contribution in [0.3, 0.4) is 0 Å². The molecule has 4 rings (SSSR count). The zero-order valence-corrected chi connectivity index (χ0v) is 20.2. The summed E-state index contributed by atoms with van der Waals surface area (Å²) < 4.78 is 28.7. The van der Waals surface area contributed by atoms with Crippen LogP contribution in [0, 0.1) is 18.6 Å². The molecule has 2 heterocycles.